The van der Waals surface area contributed by atoms with Crippen molar-refractivity contribution in [2.75, 3.05) is 32.1 Å². The molecule has 0 aromatic heterocycles. The van der Waals surface area contributed by atoms with E-state index in [1.807, 2.05) is 0 Å². The molecule has 1 N–H and O–H groups in total. The molecule has 0 aliphatic carbocycles. The van der Waals surface area contributed by atoms with Gasteiger partial charge in [-0.2, -0.15) is 4.31 Å². The fourth-order valence-corrected chi connectivity index (χ4v) is 4.42. The maximum atomic E-state index is 12.8. The molecule has 2 aromatic carbocycles. The van der Waals surface area contributed by atoms with Crippen molar-refractivity contribution < 1.29 is 27.6 Å². The van der Waals surface area contributed by atoms with Crippen LogP contribution >= 0.6 is 0 Å². The first-order valence-corrected chi connectivity index (χ1v) is 11.0. The standard InChI is InChI=1S/C20H25N3O7S/c1-5-22(6-2)31(27,28)15-9-11-18(29-4)16(13-15)21-20(24)14-8-10-19(30-7-3)17(12-14)23(25)26/h8-13H,5-7H2,1-4H3,(H,21,24). The second-order valence-corrected chi connectivity index (χ2v) is 8.22. The quantitative estimate of drug-likeness (QED) is 0.433. The maximum Gasteiger partial charge on any atom is 0.311 e. The monoisotopic (exact) mass is 451 g/mol. The third kappa shape index (κ3) is 5.30. The third-order valence-electron chi connectivity index (χ3n) is 4.48. The summed E-state index contributed by atoms with van der Waals surface area (Å²) < 4.78 is 37.3. The van der Waals surface area contributed by atoms with Gasteiger partial charge in [0.2, 0.25) is 10.0 Å². The molecule has 11 heteroatoms. The van der Waals surface area contributed by atoms with Crippen molar-refractivity contribution >= 4 is 27.3 Å². The molecule has 0 saturated carbocycles. The number of nitrogens with zero attached hydrogens (tertiary/aromatic N) is 2. The molecule has 0 radical (unpaired) electrons. The highest BCUT2D eigenvalue weighted by atomic mass is 32.2. The lowest BCUT2D eigenvalue weighted by Crippen LogP contribution is -2.30. The molecular formula is C20H25N3O7S. The topological polar surface area (TPSA) is 128 Å². The van der Waals surface area contributed by atoms with Crippen molar-refractivity contribution in [2.24, 2.45) is 0 Å². The lowest BCUT2D eigenvalue weighted by Gasteiger charge is -2.19. The summed E-state index contributed by atoms with van der Waals surface area (Å²) >= 11 is 0. The summed E-state index contributed by atoms with van der Waals surface area (Å²) in [6, 6.07) is 7.96. The van der Waals surface area contributed by atoms with Crippen LogP contribution in [0.2, 0.25) is 0 Å². The third-order valence-corrected chi connectivity index (χ3v) is 6.53. The number of methoxy groups -OCH3 is 1. The molecule has 0 bridgehead atoms. The van der Waals surface area contributed by atoms with Crippen molar-refractivity contribution in [1.29, 1.82) is 0 Å². The van der Waals surface area contributed by atoms with Gasteiger partial charge >= 0.3 is 5.69 Å². The van der Waals surface area contributed by atoms with Crippen LogP contribution in [0.25, 0.3) is 0 Å². The van der Waals surface area contributed by atoms with Crippen LogP contribution in [0.4, 0.5) is 11.4 Å². The van der Waals surface area contributed by atoms with Crippen LogP contribution in [0.3, 0.4) is 0 Å². The molecule has 31 heavy (non-hydrogen) atoms. The van der Waals surface area contributed by atoms with Crippen molar-refractivity contribution in [3.8, 4) is 11.5 Å². The van der Waals surface area contributed by atoms with Crippen LogP contribution in [-0.2, 0) is 10.0 Å². The van der Waals surface area contributed by atoms with Gasteiger partial charge in [-0.15, -0.1) is 0 Å². The van der Waals surface area contributed by atoms with E-state index < -0.39 is 20.9 Å². The molecule has 2 aromatic rings. The number of nitro benzene ring substituents is 1. The zero-order valence-corrected chi connectivity index (χ0v) is 18.6. The van der Waals surface area contributed by atoms with Gasteiger partial charge in [-0.1, -0.05) is 13.8 Å². The summed E-state index contributed by atoms with van der Waals surface area (Å²) in [6.07, 6.45) is 0. The molecule has 0 atom stereocenters. The summed E-state index contributed by atoms with van der Waals surface area (Å²) in [4.78, 5) is 23.4. The summed E-state index contributed by atoms with van der Waals surface area (Å²) in [5.74, 6) is -0.372. The minimum absolute atomic E-state index is 0.00853. The van der Waals surface area contributed by atoms with Crippen LogP contribution < -0.4 is 14.8 Å². The Kier molecular flexibility index (Phi) is 7.95. The van der Waals surface area contributed by atoms with Crippen LogP contribution in [0.15, 0.2) is 41.3 Å². The van der Waals surface area contributed by atoms with E-state index in [2.05, 4.69) is 5.32 Å². The number of amides is 1. The lowest BCUT2D eigenvalue weighted by atomic mass is 10.1. The first-order chi connectivity index (χ1) is 14.7. The number of anilines is 1. The SMILES string of the molecule is CCOc1ccc(C(=O)Nc2cc(S(=O)(=O)N(CC)CC)ccc2OC)cc1[N+](=O)[O-]. The van der Waals surface area contributed by atoms with Gasteiger partial charge in [-0.3, -0.25) is 14.9 Å². The van der Waals surface area contributed by atoms with E-state index in [-0.39, 0.29) is 39.9 Å². The number of sulfonamides is 1. The molecular weight excluding hydrogens is 426 g/mol. The number of ether oxygens (including phenoxy) is 2. The molecule has 0 fully saturated rings. The second kappa shape index (κ2) is 10.2. The Balaban J connectivity index is 2.43. The van der Waals surface area contributed by atoms with Crippen LogP contribution in [0.1, 0.15) is 31.1 Å². The average Bonchev–Trinajstić information content (AvgIpc) is 2.74. The molecule has 2 rings (SSSR count). The summed E-state index contributed by atoms with van der Waals surface area (Å²) in [7, 11) is -2.38. The van der Waals surface area contributed by atoms with Crippen LogP contribution in [-0.4, -0.2) is 50.4 Å². The predicted octanol–water partition coefficient (Wildman–Crippen LogP) is 3.28. The smallest absolute Gasteiger partial charge is 0.311 e. The summed E-state index contributed by atoms with van der Waals surface area (Å²) in [5.41, 5.74) is -0.217. The molecule has 0 saturated heterocycles. The Labute approximate surface area is 181 Å². The minimum Gasteiger partial charge on any atom is -0.495 e. The van der Waals surface area contributed by atoms with Gasteiger partial charge in [-0.25, -0.2) is 8.42 Å². The van der Waals surface area contributed by atoms with Gasteiger partial charge in [-0.05, 0) is 37.3 Å². The highest BCUT2D eigenvalue weighted by Crippen LogP contribution is 2.31. The van der Waals surface area contributed by atoms with E-state index in [0.717, 1.165) is 6.07 Å². The molecule has 168 valence electrons. The second-order valence-electron chi connectivity index (χ2n) is 6.28. The van der Waals surface area contributed by atoms with Gasteiger partial charge in [0.15, 0.2) is 5.75 Å². The molecule has 0 aliphatic rings. The summed E-state index contributed by atoms with van der Waals surface area (Å²) in [6.45, 7) is 5.97. The number of carbonyl (C=O) groups excluding carboxylic acids is 1. The Morgan fingerprint density at radius 1 is 1.10 bits per heavy atom. The number of carbonyl (C=O) groups is 1. The molecule has 0 heterocycles. The predicted molar refractivity (Wildman–Crippen MR) is 115 cm³/mol. The Morgan fingerprint density at radius 3 is 2.29 bits per heavy atom. The highest BCUT2D eigenvalue weighted by molar-refractivity contribution is 7.89. The zero-order chi connectivity index (χ0) is 23.2. The Morgan fingerprint density at radius 2 is 1.74 bits per heavy atom. The number of benzene rings is 2. The van der Waals surface area contributed by atoms with Crippen molar-refractivity contribution in [3.63, 3.8) is 0 Å². The number of nitrogens with one attached hydrogen (secondary N) is 1. The van der Waals surface area contributed by atoms with Gasteiger partial charge in [0.05, 0.1) is 29.2 Å². The average molecular weight is 452 g/mol. The van der Waals surface area contributed by atoms with Gasteiger partial charge < -0.3 is 14.8 Å². The lowest BCUT2D eigenvalue weighted by molar-refractivity contribution is -0.385. The first kappa shape index (κ1) is 24.1. The number of rotatable bonds is 10. The van der Waals surface area contributed by atoms with E-state index in [1.54, 1.807) is 20.8 Å². The highest BCUT2D eigenvalue weighted by Gasteiger charge is 2.24. The van der Waals surface area contributed by atoms with Gasteiger partial charge in [0.1, 0.15) is 5.75 Å². The normalized spacial score (nSPS) is 11.3. The van der Waals surface area contributed by atoms with Crippen LogP contribution in [0.5, 0.6) is 11.5 Å². The summed E-state index contributed by atoms with van der Waals surface area (Å²) in [5, 5.41) is 13.9. The van der Waals surface area contributed by atoms with E-state index in [9.17, 15) is 23.3 Å². The number of hydrogen-bond acceptors (Lipinski definition) is 7. The van der Waals surface area contributed by atoms with E-state index >= 15 is 0 Å². The largest absolute Gasteiger partial charge is 0.495 e. The van der Waals surface area contributed by atoms with Crippen molar-refractivity contribution in [2.45, 2.75) is 25.7 Å². The fraction of sp³-hybridized carbons (Fsp3) is 0.350. The molecule has 0 unspecified atom stereocenters. The van der Waals surface area contributed by atoms with E-state index in [1.165, 1.54) is 41.7 Å². The molecule has 0 spiro atoms. The maximum absolute atomic E-state index is 12.8. The molecule has 1 amide bonds. The van der Waals surface area contributed by atoms with Crippen molar-refractivity contribution in [1.82, 2.24) is 4.31 Å². The molecule has 10 nitrogen and oxygen atoms in total. The van der Waals surface area contributed by atoms with E-state index in [4.69, 9.17) is 9.47 Å². The van der Waals surface area contributed by atoms with Gasteiger partial charge in [0.25, 0.3) is 5.91 Å². The fourth-order valence-electron chi connectivity index (χ4n) is 2.93. The zero-order valence-electron chi connectivity index (χ0n) is 17.7. The van der Waals surface area contributed by atoms with E-state index in [0.29, 0.717) is 13.1 Å². The Bertz CT molecular complexity index is 1070. The Hall–Kier alpha value is -3.18. The number of nitro groups is 1. The first-order valence-electron chi connectivity index (χ1n) is 9.60. The minimum atomic E-state index is -3.76. The van der Waals surface area contributed by atoms with Crippen molar-refractivity contribution in [3.05, 3.63) is 52.1 Å². The van der Waals surface area contributed by atoms with Crippen LogP contribution in [0, 0.1) is 10.1 Å². The molecule has 0 aliphatic heterocycles. The van der Waals surface area contributed by atoms with Gasteiger partial charge in [0, 0.05) is 24.7 Å². The number of hydrogen-bond donors (Lipinski definition) is 1.